The molecule has 3 N–H and O–H groups in total. The van der Waals surface area contributed by atoms with E-state index in [-0.39, 0.29) is 22.9 Å². The van der Waals surface area contributed by atoms with Gasteiger partial charge in [-0.3, -0.25) is 14.4 Å². The molecule has 160 valence electrons. The summed E-state index contributed by atoms with van der Waals surface area (Å²) in [4.78, 5) is 25.2. The molecule has 0 aromatic heterocycles. The van der Waals surface area contributed by atoms with Gasteiger partial charge < -0.3 is 15.2 Å². The summed E-state index contributed by atoms with van der Waals surface area (Å²) in [5, 5.41) is 12.0. The zero-order valence-electron chi connectivity index (χ0n) is 16.4. The van der Waals surface area contributed by atoms with Crippen LogP contribution in [-0.2, 0) is 19.6 Å². The number of hydrogen-bond donors (Lipinski definition) is 3. The number of anilines is 2. The average molecular weight is 433 g/mol. The molecule has 1 aliphatic heterocycles. The first-order valence-corrected chi connectivity index (χ1v) is 10.8. The summed E-state index contributed by atoms with van der Waals surface area (Å²) in [6.07, 6.45) is 0. The number of aromatic carboxylic acids is 1. The van der Waals surface area contributed by atoms with Crippen LogP contribution in [0.2, 0.25) is 0 Å². The lowest BCUT2D eigenvalue weighted by Gasteiger charge is -2.25. The lowest BCUT2D eigenvalue weighted by Crippen LogP contribution is -2.41. The minimum absolute atomic E-state index is 0.0730. The van der Waals surface area contributed by atoms with Gasteiger partial charge in [0.2, 0.25) is 5.91 Å². The molecular weight excluding hydrogens is 410 g/mol. The lowest BCUT2D eigenvalue weighted by atomic mass is 10.1. The molecule has 10 heteroatoms. The number of hydrogen-bond acceptors (Lipinski definition) is 6. The molecule has 2 aromatic rings. The van der Waals surface area contributed by atoms with Crippen molar-refractivity contribution < 1.29 is 27.9 Å². The van der Waals surface area contributed by atoms with Crippen molar-refractivity contribution >= 4 is 33.3 Å². The maximum Gasteiger partial charge on any atom is 0.335 e. The summed E-state index contributed by atoms with van der Waals surface area (Å²) in [5.41, 5.74) is 1.23. The van der Waals surface area contributed by atoms with E-state index in [2.05, 4.69) is 10.0 Å². The highest BCUT2D eigenvalue weighted by Crippen LogP contribution is 2.21. The maximum absolute atomic E-state index is 12.6. The second-order valence-electron chi connectivity index (χ2n) is 6.90. The second-order valence-corrected chi connectivity index (χ2v) is 8.58. The molecule has 3 rings (SSSR count). The molecule has 9 nitrogen and oxygen atoms in total. The smallest absolute Gasteiger partial charge is 0.335 e. The normalized spacial score (nSPS) is 14.8. The van der Waals surface area contributed by atoms with Gasteiger partial charge in [-0.2, -0.15) is 0 Å². The molecule has 0 aliphatic carbocycles. The molecule has 1 fully saturated rings. The number of ether oxygens (including phenoxy) is 1. The van der Waals surface area contributed by atoms with Gasteiger partial charge in [-0.05, 0) is 48.9 Å². The van der Waals surface area contributed by atoms with Crippen LogP contribution in [-0.4, -0.2) is 63.1 Å². The third-order valence-electron chi connectivity index (χ3n) is 4.64. The first-order valence-electron chi connectivity index (χ1n) is 9.31. The number of rotatable bonds is 7. The average Bonchev–Trinajstić information content (AvgIpc) is 2.70. The Labute approximate surface area is 174 Å². The van der Waals surface area contributed by atoms with E-state index in [9.17, 15) is 23.1 Å². The van der Waals surface area contributed by atoms with Crippen LogP contribution in [0.1, 0.15) is 15.9 Å². The van der Waals surface area contributed by atoms with E-state index in [1.54, 1.807) is 19.1 Å². The van der Waals surface area contributed by atoms with Gasteiger partial charge in [0, 0.05) is 24.5 Å². The fourth-order valence-electron chi connectivity index (χ4n) is 3.00. The van der Waals surface area contributed by atoms with Gasteiger partial charge in [0.05, 0.1) is 30.2 Å². The van der Waals surface area contributed by atoms with Gasteiger partial charge in [-0.25, -0.2) is 13.2 Å². The number of aryl methyl sites for hydroxylation is 1. The highest BCUT2D eigenvalue weighted by atomic mass is 32.2. The predicted octanol–water partition coefficient (Wildman–Crippen LogP) is 1.76. The molecule has 0 radical (unpaired) electrons. The van der Waals surface area contributed by atoms with Gasteiger partial charge in [-0.1, -0.05) is 6.07 Å². The Bertz CT molecular complexity index is 1030. The Balaban J connectivity index is 1.64. The predicted molar refractivity (Wildman–Crippen MR) is 111 cm³/mol. The van der Waals surface area contributed by atoms with Crippen molar-refractivity contribution in [3.63, 3.8) is 0 Å². The van der Waals surface area contributed by atoms with E-state index in [4.69, 9.17) is 4.74 Å². The molecule has 0 spiro atoms. The summed E-state index contributed by atoms with van der Waals surface area (Å²) < 4.78 is 32.8. The number of amides is 1. The molecule has 1 amide bonds. The topological polar surface area (TPSA) is 125 Å². The summed E-state index contributed by atoms with van der Waals surface area (Å²) in [5.74, 6) is -1.35. The molecule has 1 aliphatic rings. The molecule has 1 heterocycles. The lowest BCUT2D eigenvalue weighted by molar-refractivity contribution is -0.118. The van der Waals surface area contributed by atoms with E-state index < -0.39 is 16.0 Å². The van der Waals surface area contributed by atoms with E-state index in [0.717, 1.165) is 6.07 Å². The third kappa shape index (κ3) is 5.56. The number of carboxylic acid groups (broad SMARTS) is 1. The number of sulfonamides is 1. The highest BCUT2D eigenvalue weighted by molar-refractivity contribution is 7.92. The van der Waals surface area contributed by atoms with Crippen LogP contribution in [0, 0.1) is 6.92 Å². The summed E-state index contributed by atoms with van der Waals surface area (Å²) in [7, 11) is -3.96. The van der Waals surface area contributed by atoms with Crippen molar-refractivity contribution in [3.05, 3.63) is 53.6 Å². The van der Waals surface area contributed by atoms with Crippen molar-refractivity contribution in [2.24, 2.45) is 0 Å². The Morgan fingerprint density at radius 3 is 2.33 bits per heavy atom. The first kappa shape index (κ1) is 21.8. The van der Waals surface area contributed by atoms with E-state index in [1.165, 1.54) is 24.3 Å². The number of benzene rings is 2. The molecule has 30 heavy (non-hydrogen) atoms. The quantitative estimate of drug-likeness (QED) is 0.608. The number of nitrogens with zero attached hydrogens (tertiary/aromatic N) is 1. The van der Waals surface area contributed by atoms with Crippen molar-refractivity contribution in [1.29, 1.82) is 0 Å². The van der Waals surface area contributed by atoms with Gasteiger partial charge in [0.1, 0.15) is 0 Å². The number of carbonyl (C=O) groups is 2. The summed E-state index contributed by atoms with van der Waals surface area (Å²) >= 11 is 0. The zero-order chi connectivity index (χ0) is 21.7. The Kier molecular flexibility index (Phi) is 6.70. The van der Waals surface area contributed by atoms with Crippen LogP contribution in [0.5, 0.6) is 0 Å². The molecule has 1 saturated heterocycles. The van der Waals surface area contributed by atoms with Crippen molar-refractivity contribution in [2.75, 3.05) is 42.9 Å². The SMILES string of the molecule is Cc1ccc(S(=O)(=O)Nc2ccc(NC(=O)CN3CCOCC3)cc2)cc1C(=O)O. The number of morpholine rings is 1. The molecule has 0 unspecified atom stereocenters. The molecule has 0 atom stereocenters. The van der Waals surface area contributed by atoms with E-state index in [0.29, 0.717) is 43.2 Å². The largest absolute Gasteiger partial charge is 0.478 e. The van der Waals surface area contributed by atoms with Gasteiger partial charge in [0.25, 0.3) is 10.0 Å². The molecular formula is C20H23N3O6S. The summed E-state index contributed by atoms with van der Waals surface area (Å²) in [6.45, 7) is 4.48. The standard InChI is InChI=1S/C20H23N3O6S/c1-14-2-7-17(12-18(14)20(25)26)30(27,28)22-16-5-3-15(4-6-16)21-19(24)13-23-8-10-29-11-9-23/h2-7,12,22H,8-11,13H2,1H3,(H,21,24)(H,25,26). The summed E-state index contributed by atoms with van der Waals surface area (Å²) in [6, 6.07) is 10.2. The highest BCUT2D eigenvalue weighted by Gasteiger charge is 2.18. The fourth-order valence-corrected chi connectivity index (χ4v) is 4.08. The van der Waals surface area contributed by atoms with Crippen LogP contribution < -0.4 is 10.0 Å². The van der Waals surface area contributed by atoms with Crippen LogP contribution in [0.3, 0.4) is 0 Å². The number of carboxylic acids is 1. The zero-order valence-corrected chi connectivity index (χ0v) is 17.2. The molecule has 0 saturated carbocycles. The van der Waals surface area contributed by atoms with Crippen molar-refractivity contribution in [2.45, 2.75) is 11.8 Å². The van der Waals surface area contributed by atoms with E-state index in [1.807, 2.05) is 4.90 Å². The fraction of sp³-hybridized carbons (Fsp3) is 0.300. The van der Waals surface area contributed by atoms with Crippen LogP contribution >= 0.6 is 0 Å². The minimum Gasteiger partial charge on any atom is -0.478 e. The monoisotopic (exact) mass is 433 g/mol. The number of nitrogens with one attached hydrogen (secondary N) is 2. The maximum atomic E-state index is 12.6. The minimum atomic E-state index is -3.96. The first-order chi connectivity index (χ1) is 14.2. The van der Waals surface area contributed by atoms with Crippen molar-refractivity contribution in [3.8, 4) is 0 Å². The van der Waals surface area contributed by atoms with E-state index >= 15 is 0 Å². The number of carbonyl (C=O) groups excluding carboxylic acids is 1. The van der Waals surface area contributed by atoms with Gasteiger partial charge in [-0.15, -0.1) is 0 Å². The van der Waals surface area contributed by atoms with Gasteiger partial charge >= 0.3 is 5.97 Å². The Morgan fingerprint density at radius 1 is 1.07 bits per heavy atom. The Hall–Kier alpha value is -2.95. The third-order valence-corrected chi connectivity index (χ3v) is 6.02. The molecule has 2 aromatic carbocycles. The van der Waals surface area contributed by atoms with Crippen LogP contribution in [0.4, 0.5) is 11.4 Å². The van der Waals surface area contributed by atoms with Gasteiger partial charge in [0.15, 0.2) is 0 Å². The second kappa shape index (κ2) is 9.24. The van der Waals surface area contributed by atoms with Crippen molar-refractivity contribution in [1.82, 2.24) is 4.90 Å². The van der Waals surface area contributed by atoms with Crippen LogP contribution in [0.15, 0.2) is 47.4 Å². The van der Waals surface area contributed by atoms with Crippen LogP contribution in [0.25, 0.3) is 0 Å². The molecule has 0 bridgehead atoms. The Morgan fingerprint density at radius 2 is 1.70 bits per heavy atom.